The average Bonchev–Trinajstić information content (AvgIpc) is 3.01. The lowest BCUT2D eigenvalue weighted by Gasteiger charge is -2.45. The Kier molecular flexibility index (Phi) is 11.7. The topological polar surface area (TPSA) is 27.7 Å². The molecule has 0 bridgehead atoms. The van der Waals surface area contributed by atoms with E-state index in [9.17, 15) is 39.5 Å². The SMILES string of the molecule is C=CC1C(F)C(F)C(F)C(OC2CC(OC3C(F)C(F)C(F)C(C=C)C3F)CC(OC3C(F)C(F)C(F)C(C=C)C3F)C2)C1F. The van der Waals surface area contributed by atoms with Gasteiger partial charge in [-0.1, -0.05) is 18.2 Å². The molecule has 0 aromatic carbocycles. The molecular formula is C30H36F12O3. The predicted octanol–water partition coefficient (Wildman–Crippen LogP) is 6.94. The molecule has 15 heteroatoms. The van der Waals surface area contributed by atoms with Crippen molar-refractivity contribution < 1.29 is 66.9 Å². The van der Waals surface area contributed by atoms with Crippen molar-refractivity contribution in [3.8, 4) is 0 Å². The van der Waals surface area contributed by atoms with E-state index in [2.05, 4.69) is 19.7 Å². The van der Waals surface area contributed by atoms with Crippen LogP contribution in [0.4, 0.5) is 52.7 Å². The van der Waals surface area contributed by atoms with Crippen LogP contribution in [0.25, 0.3) is 0 Å². The average molecular weight is 673 g/mol. The molecule has 0 radical (unpaired) electrons. The summed E-state index contributed by atoms with van der Waals surface area (Å²) in [6, 6.07) is 0. The van der Waals surface area contributed by atoms with Crippen LogP contribution in [0.2, 0.25) is 0 Å². The molecule has 45 heavy (non-hydrogen) atoms. The van der Waals surface area contributed by atoms with Crippen molar-refractivity contribution in [3.05, 3.63) is 38.0 Å². The minimum Gasteiger partial charge on any atom is -0.369 e. The van der Waals surface area contributed by atoms with E-state index in [4.69, 9.17) is 14.2 Å². The molecule has 0 N–H and O–H groups in total. The second kappa shape index (κ2) is 14.6. The molecule has 0 heterocycles. The van der Waals surface area contributed by atoms with Gasteiger partial charge in [-0.25, -0.2) is 52.7 Å². The van der Waals surface area contributed by atoms with E-state index in [1.54, 1.807) is 0 Å². The van der Waals surface area contributed by atoms with E-state index in [0.717, 1.165) is 18.2 Å². The van der Waals surface area contributed by atoms with Crippen LogP contribution in [0.15, 0.2) is 38.0 Å². The van der Waals surface area contributed by atoms with Crippen LogP contribution in [-0.2, 0) is 14.2 Å². The van der Waals surface area contributed by atoms with Crippen molar-refractivity contribution in [1.29, 1.82) is 0 Å². The monoisotopic (exact) mass is 672 g/mol. The van der Waals surface area contributed by atoms with Gasteiger partial charge in [-0.2, -0.15) is 0 Å². The van der Waals surface area contributed by atoms with E-state index >= 15 is 13.2 Å². The third kappa shape index (κ3) is 6.81. The number of hydrogen-bond donors (Lipinski definition) is 0. The molecule has 18 unspecified atom stereocenters. The Morgan fingerprint density at radius 2 is 0.556 bits per heavy atom. The van der Waals surface area contributed by atoms with E-state index in [1.807, 2.05) is 0 Å². The van der Waals surface area contributed by atoms with Gasteiger partial charge in [0.25, 0.3) is 0 Å². The Labute approximate surface area is 253 Å². The van der Waals surface area contributed by atoms with Crippen LogP contribution in [-0.4, -0.2) is 111 Å². The zero-order chi connectivity index (χ0) is 33.5. The zero-order valence-corrected chi connectivity index (χ0v) is 23.9. The van der Waals surface area contributed by atoms with Gasteiger partial charge < -0.3 is 14.2 Å². The van der Waals surface area contributed by atoms with Crippen LogP contribution in [0.3, 0.4) is 0 Å². The minimum absolute atomic E-state index is 0.467. The highest BCUT2D eigenvalue weighted by Crippen LogP contribution is 2.43. The first-order valence-electron chi connectivity index (χ1n) is 14.7. The summed E-state index contributed by atoms with van der Waals surface area (Å²) >= 11 is 0. The van der Waals surface area contributed by atoms with Gasteiger partial charge in [0, 0.05) is 17.8 Å². The van der Waals surface area contributed by atoms with Crippen LogP contribution in [0, 0.1) is 17.8 Å². The first-order chi connectivity index (χ1) is 21.2. The van der Waals surface area contributed by atoms with Gasteiger partial charge in [0.1, 0.15) is 55.3 Å². The van der Waals surface area contributed by atoms with Gasteiger partial charge in [0.15, 0.2) is 37.0 Å². The molecule has 4 aliphatic rings. The Balaban J connectivity index is 1.59. The third-order valence-electron chi connectivity index (χ3n) is 9.36. The van der Waals surface area contributed by atoms with Crippen molar-refractivity contribution in [2.24, 2.45) is 17.8 Å². The first kappa shape index (κ1) is 36.1. The fourth-order valence-electron chi connectivity index (χ4n) is 6.82. The van der Waals surface area contributed by atoms with Crippen LogP contribution >= 0.6 is 0 Å². The molecule has 258 valence electrons. The fraction of sp³-hybridized carbons (Fsp3) is 0.800. The Bertz CT molecular complexity index is 897. The van der Waals surface area contributed by atoms with Gasteiger partial charge in [-0.05, 0) is 19.3 Å². The van der Waals surface area contributed by atoms with Crippen LogP contribution in [0.5, 0.6) is 0 Å². The normalized spacial score (nSPS) is 54.3. The molecule has 4 rings (SSSR count). The number of allylic oxidation sites excluding steroid dienone is 3. The maximum absolute atomic E-state index is 15.1. The number of rotatable bonds is 9. The van der Waals surface area contributed by atoms with Crippen LogP contribution < -0.4 is 0 Å². The maximum atomic E-state index is 15.1. The van der Waals surface area contributed by atoms with Crippen molar-refractivity contribution in [1.82, 2.24) is 0 Å². The highest BCUT2D eigenvalue weighted by atomic mass is 19.2. The zero-order valence-electron chi connectivity index (χ0n) is 23.9. The van der Waals surface area contributed by atoms with E-state index < -0.39 is 148 Å². The lowest BCUT2D eigenvalue weighted by Crippen LogP contribution is -2.59. The van der Waals surface area contributed by atoms with Gasteiger partial charge in [-0.15, -0.1) is 19.7 Å². The standard InChI is InChI=1S/C30H36F12O3/c1-4-13-16(31)22(37)25(40)28(19(13)34)43-10-7-11(44-29-20(35)14(5-2)17(32)23(38)26(29)41)9-12(8-10)45-30-21(36)15(6-3)18(33)24(39)27(30)42/h4-6,10-30H,1-3,7-9H2. The number of alkyl halides is 12. The third-order valence-corrected chi connectivity index (χ3v) is 9.36. The highest BCUT2D eigenvalue weighted by molar-refractivity contribution is 5.09. The Hall–Kier alpha value is -1.74. The van der Waals surface area contributed by atoms with Gasteiger partial charge in [0.05, 0.1) is 18.3 Å². The summed E-state index contributed by atoms with van der Waals surface area (Å²) < 4.78 is 192. The quantitative estimate of drug-likeness (QED) is 0.197. The lowest BCUT2D eigenvalue weighted by atomic mass is 9.80. The Morgan fingerprint density at radius 1 is 0.333 bits per heavy atom. The highest BCUT2D eigenvalue weighted by Gasteiger charge is 2.57. The summed E-state index contributed by atoms with van der Waals surface area (Å²) in [6.45, 7) is 9.67. The number of hydrogen-bond acceptors (Lipinski definition) is 3. The smallest absolute Gasteiger partial charge is 0.165 e. The number of ether oxygens (including phenoxy) is 3. The molecular weight excluding hydrogens is 636 g/mol. The minimum atomic E-state index is -2.83. The van der Waals surface area contributed by atoms with Crippen molar-refractivity contribution in [3.63, 3.8) is 0 Å². The second-order valence-electron chi connectivity index (χ2n) is 12.1. The second-order valence-corrected chi connectivity index (χ2v) is 12.1. The molecule has 4 fully saturated rings. The summed E-state index contributed by atoms with van der Waals surface area (Å²) in [5, 5.41) is 0. The molecule has 0 amide bonds. The molecule has 0 spiro atoms. The molecule has 0 saturated heterocycles. The van der Waals surface area contributed by atoms with Crippen molar-refractivity contribution in [2.75, 3.05) is 0 Å². The van der Waals surface area contributed by atoms with Crippen molar-refractivity contribution in [2.45, 2.75) is 130 Å². The van der Waals surface area contributed by atoms with Gasteiger partial charge in [0.2, 0.25) is 0 Å². The van der Waals surface area contributed by atoms with E-state index in [1.165, 1.54) is 0 Å². The predicted molar refractivity (Wildman–Crippen MR) is 140 cm³/mol. The van der Waals surface area contributed by atoms with Crippen LogP contribution in [0.1, 0.15) is 19.3 Å². The van der Waals surface area contributed by atoms with Gasteiger partial charge in [-0.3, -0.25) is 0 Å². The van der Waals surface area contributed by atoms with Crippen molar-refractivity contribution >= 4 is 0 Å². The summed E-state index contributed by atoms with van der Waals surface area (Å²) in [4.78, 5) is 0. The summed E-state index contributed by atoms with van der Waals surface area (Å²) in [7, 11) is 0. The molecule has 0 aliphatic heterocycles. The van der Waals surface area contributed by atoms with Gasteiger partial charge >= 0.3 is 0 Å². The summed E-state index contributed by atoms with van der Waals surface area (Å²) in [5.41, 5.74) is 0. The number of halogens is 12. The molecule has 0 aromatic rings. The lowest BCUT2D eigenvalue weighted by molar-refractivity contribution is -0.218. The molecule has 4 saturated carbocycles. The molecule has 4 aliphatic carbocycles. The largest absolute Gasteiger partial charge is 0.369 e. The fourth-order valence-corrected chi connectivity index (χ4v) is 6.82. The van der Waals surface area contributed by atoms with E-state index in [0.29, 0.717) is 0 Å². The first-order valence-corrected chi connectivity index (χ1v) is 14.7. The summed E-state index contributed by atoms with van der Waals surface area (Å²) in [6.07, 6.45) is -42.4. The summed E-state index contributed by atoms with van der Waals surface area (Å²) in [5.74, 6) is -5.46. The Morgan fingerprint density at radius 3 is 0.756 bits per heavy atom. The molecule has 0 aromatic heterocycles. The maximum Gasteiger partial charge on any atom is 0.165 e. The van der Waals surface area contributed by atoms with E-state index in [-0.39, 0.29) is 0 Å². The molecule has 18 atom stereocenters. The molecule has 3 nitrogen and oxygen atoms in total.